The Labute approximate surface area is 192 Å². The normalized spacial score (nSPS) is 16.3. The van der Waals surface area contributed by atoms with Gasteiger partial charge in [0, 0.05) is 43.5 Å². The number of fused-ring (bicyclic) bond motifs is 2. The standard InChI is InChI=1S/C26H26N6O/c1-16-13-17(4-8-24(16)33)25-27-20-6-3-18(14-22(20)29-25)26-28-21-7-5-19(15-23(21)30-26)32-11-9-31(2)10-12-32/h3-8,13-15,33H,9-12H2,1-2H3,(H,27,29)(H,28,30)/p+1. The van der Waals surface area contributed by atoms with Gasteiger partial charge in [0.25, 0.3) is 0 Å². The highest BCUT2D eigenvalue weighted by molar-refractivity contribution is 5.98. The maximum Gasteiger partial charge on any atom is 0.237 e. The van der Waals surface area contributed by atoms with Crippen molar-refractivity contribution in [2.24, 2.45) is 4.99 Å². The zero-order chi connectivity index (χ0) is 22.5. The van der Waals surface area contributed by atoms with Crippen molar-refractivity contribution in [3.05, 3.63) is 65.7 Å². The van der Waals surface area contributed by atoms with Crippen LogP contribution in [0.25, 0.3) is 22.4 Å². The maximum atomic E-state index is 9.82. The number of benzene rings is 3. The summed E-state index contributed by atoms with van der Waals surface area (Å²) in [4.78, 5) is 18.0. The molecule has 2 aliphatic heterocycles. The van der Waals surface area contributed by atoms with Gasteiger partial charge in [0.1, 0.15) is 17.3 Å². The number of aromatic amines is 1. The number of aromatic nitrogens is 2. The molecule has 0 bridgehead atoms. The molecule has 7 nitrogen and oxygen atoms in total. The molecule has 1 aromatic heterocycles. The number of anilines is 1. The summed E-state index contributed by atoms with van der Waals surface area (Å²) in [6, 6.07) is 18.4. The van der Waals surface area contributed by atoms with E-state index in [1.165, 1.54) is 5.69 Å². The minimum atomic E-state index is 0.304. The highest BCUT2D eigenvalue weighted by atomic mass is 16.3. The van der Waals surface area contributed by atoms with Crippen LogP contribution in [0.5, 0.6) is 5.75 Å². The number of amidine groups is 1. The minimum absolute atomic E-state index is 0.304. The second kappa shape index (κ2) is 7.72. The molecule has 4 N–H and O–H groups in total. The number of hydrogen-bond donors (Lipinski definition) is 3. The summed E-state index contributed by atoms with van der Waals surface area (Å²) >= 11 is 0. The van der Waals surface area contributed by atoms with Gasteiger partial charge in [0.2, 0.25) is 5.84 Å². The van der Waals surface area contributed by atoms with Crippen molar-refractivity contribution in [3.63, 3.8) is 0 Å². The fourth-order valence-corrected chi connectivity index (χ4v) is 4.58. The Balaban J connectivity index is 1.29. The fraction of sp³-hybridized carbons (Fsp3) is 0.231. The number of H-pyrrole nitrogens is 1. The molecule has 7 heteroatoms. The monoisotopic (exact) mass is 439 g/mol. The van der Waals surface area contributed by atoms with E-state index in [2.05, 4.69) is 63.5 Å². The average Bonchev–Trinajstić information content (AvgIpc) is 3.44. The van der Waals surface area contributed by atoms with Crippen molar-refractivity contribution >= 4 is 33.9 Å². The van der Waals surface area contributed by atoms with Gasteiger partial charge in [-0.3, -0.25) is 5.32 Å². The van der Waals surface area contributed by atoms with Crippen LogP contribution in [0, 0.1) is 6.92 Å². The topological polar surface area (TPSA) is 84.4 Å². The third-order valence-corrected chi connectivity index (χ3v) is 6.66. The smallest absolute Gasteiger partial charge is 0.237 e. The van der Waals surface area contributed by atoms with Crippen LogP contribution in [-0.4, -0.2) is 59.0 Å². The lowest BCUT2D eigenvalue weighted by molar-refractivity contribution is -0.437. The molecule has 6 rings (SSSR count). The molecule has 0 aliphatic carbocycles. The van der Waals surface area contributed by atoms with E-state index in [0.717, 1.165) is 76.9 Å². The van der Waals surface area contributed by atoms with Gasteiger partial charge in [-0.05, 0) is 68.1 Å². The molecule has 3 aromatic carbocycles. The molecule has 0 radical (unpaired) electrons. The highest BCUT2D eigenvalue weighted by Crippen LogP contribution is 2.32. The molecule has 0 saturated carbocycles. The maximum absolute atomic E-state index is 9.82. The van der Waals surface area contributed by atoms with Crippen LogP contribution in [0.2, 0.25) is 0 Å². The van der Waals surface area contributed by atoms with Crippen LogP contribution in [0.15, 0.2) is 59.6 Å². The summed E-state index contributed by atoms with van der Waals surface area (Å²) in [5.41, 5.74) is 8.16. The van der Waals surface area contributed by atoms with Gasteiger partial charge in [-0.25, -0.2) is 4.98 Å². The number of likely N-dealkylation sites (N-methyl/N-ethyl adjacent to an activating group) is 1. The van der Waals surface area contributed by atoms with Crippen LogP contribution >= 0.6 is 0 Å². The summed E-state index contributed by atoms with van der Waals surface area (Å²) < 4.78 is 0. The Bertz CT molecular complexity index is 1400. The summed E-state index contributed by atoms with van der Waals surface area (Å²) in [7, 11) is 2.18. The van der Waals surface area contributed by atoms with Gasteiger partial charge < -0.3 is 19.9 Å². The highest BCUT2D eigenvalue weighted by Gasteiger charge is 2.23. The molecule has 4 aromatic rings. The molecule has 0 atom stereocenters. The Morgan fingerprint density at radius 2 is 1.76 bits per heavy atom. The predicted molar refractivity (Wildman–Crippen MR) is 132 cm³/mol. The third kappa shape index (κ3) is 3.65. The number of nitrogens with one attached hydrogen (secondary N) is 1. The lowest BCUT2D eigenvalue weighted by Gasteiger charge is -2.34. The second-order valence-corrected chi connectivity index (χ2v) is 8.99. The molecule has 2 aliphatic rings. The van der Waals surface area contributed by atoms with E-state index in [4.69, 9.17) is 9.98 Å². The first-order valence-electron chi connectivity index (χ1n) is 11.3. The lowest BCUT2D eigenvalue weighted by atomic mass is 10.1. The molecule has 0 amide bonds. The number of nitrogens with two attached hydrogens (primary N) is 1. The van der Waals surface area contributed by atoms with Gasteiger partial charge >= 0.3 is 0 Å². The first-order chi connectivity index (χ1) is 16.0. The number of nitrogens with zero attached hydrogens (tertiary/aromatic N) is 4. The second-order valence-electron chi connectivity index (χ2n) is 8.99. The van der Waals surface area contributed by atoms with Crippen LogP contribution in [-0.2, 0) is 0 Å². The summed E-state index contributed by atoms with van der Waals surface area (Å²) in [6.07, 6.45) is 0. The number of quaternary nitrogens is 1. The number of aliphatic imine (C=N–C) groups is 1. The van der Waals surface area contributed by atoms with E-state index < -0.39 is 0 Å². The van der Waals surface area contributed by atoms with Gasteiger partial charge in [-0.2, -0.15) is 4.99 Å². The molecule has 1 saturated heterocycles. The number of rotatable bonds is 3. The zero-order valence-electron chi connectivity index (χ0n) is 18.8. The third-order valence-electron chi connectivity index (χ3n) is 6.66. The Kier molecular flexibility index (Phi) is 4.67. The molecular formula is C26H27N6O+. The SMILES string of the molecule is Cc1cc(C2=Nc3cc(-c4nc5ccc(N6CCN(C)CC6)cc5[nH]4)ccc3[NH2+]2)ccc1O. The molecule has 33 heavy (non-hydrogen) atoms. The molecule has 1 fully saturated rings. The van der Waals surface area contributed by atoms with E-state index in [-0.39, 0.29) is 0 Å². The van der Waals surface area contributed by atoms with Crippen molar-refractivity contribution in [3.8, 4) is 17.1 Å². The van der Waals surface area contributed by atoms with Crippen molar-refractivity contribution < 1.29 is 10.4 Å². The number of imidazole rings is 1. The van der Waals surface area contributed by atoms with Gasteiger partial charge in [0.15, 0.2) is 5.69 Å². The fourth-order valence-electron chi connectivity index (χ4n) is 4.58. The van der Waals surface area contributed by atoms with Crippen molar-refractivity contribution in [1.82, 2.24) is 14.9 Å². The number of hydrogen-bond acceptors (Lipinski definition) is 5. The summed E-state index contributed by atoms with van der Waals surface area (Å²) in [6.45, 7) is 6.17. The quantitative estimate of drug-likeness (QED) is 0.428. The molecule has 3 heterocycles. The van der Waals surface area contributed by atoms with E-state index in [1.807, 2.05) is 19.1 Å². The van der Waals surface area contributed by atoms with Gasteiger partial charge in [-0.15, -0.1) is 0 Å². The van der Waals surface area contributed by atoms with E-state index in [0.29, 0.717) is 5.75 Å². The van der Waals surface area contributed by atoms with E-state index in [1.54, 1.807) is 6.07 Å². The van der Waals surface area contributed by atoms with Crippen LogP contribution in [0.3, 0.4) is 0 Å². The average molecular weight is 440 g/mol. The largest absolute Gasteiger partial charge is 0.508 e. The number of piperazine rings is 1. The van der Waals surface area contributed by atoms with Crippen LogP contribution in [0.4, 0.5) is 17.1 Å². The van der Waals surface area contributed by atoms with Gasteiger partial charge in [-0.1, -0.05) is 0 Å². The van der Waals surface area contributed by atoms with E-state index >= 15 is 0 Å². The molecule has 0 spiro atoms. The van der Waals surface area contributed by atoms with Crippen LogP contribution < -0.4 is 10.2 Å². The Morgan fingerprint density at radius 3 is 2.58 bits per heavy atom. The summed E-state index contributed by atoms with van der Waals surface area (Å²) in [5, 5.41) is 11.9. The van der Waals surface area contributed by atoms with Crippen molar-refractivity contribution in [1.29, 1.82) is 0 Å². The minimum Gasteiger partial charge on any atom is -0.508 e. The van der Waals surface area contributed by atoms with Crippen molar-refractivity contribution in [2.45, 2.75) is 6.92 Å². The predicted octanol–water partition coefficient (Wildman–Crippen LogP) is 3.28. The first-order valence-corrected chi connectivity index (χ1v) is 11.3. The van der Waals surface area contributed by atoms with Gasteiger partial charge in [0.05, 0.1) is 16.6 Å². The first kappa shape index (κ1) is 20.0. The molecule has 166 valence electrons. The summed E-state index contributed by atoms with van der Waals surface area (Å²) in [5.74, 6) is 2.07. The van der Waals surface area contributed by atoms with Crippen molar-refractivity contribution in [2.75, 3.05) is 38.1 Å². The zero-order valence-corrected chi connectivity index (χ0v) is 18.8. The molecular weight excluding hydrogens is 412 g/mol. The number of phenols is 1. The molecule has 0 unspecified atom stereocenters. The Morgan fingerprint density at radius 1 is 0.939 bits per heavy atom. The lowest BCUT2D eigenvalue weighted by Crippen LogP contribution is -2.80. The number of aromatic hydroxyl groups is 1. The number of aryl methyl sites for hydroxylation is 1. The van der Waals surface area contributed by atoms with Crippen LogP contribution in [0.1, 0.15) is 11.1 Å². The Hall–Kier alpha value is -3.68. The van der Waals surface area contributed by atoms with E-state index in [9.17, 15) is 5.11 Å². The number of phenolic OH excluding ortho intramolecular Hbond substituents is 1.